The van der Waals surface area contributed by atoms with Crippen molar-refractivity contribution in [3.8, 4) is 5.75 Å². The number of rotatable bonds is 9. The molecular formula is C34H45N3O8S2. The van der Waals surface area contributed by atoms with Gasteiger partial charge in [-0.05, 0) is 75.6 Å². The number of fused-ring (bicyclic) bond motifs is 1. The predicted molar refractivity (Wildman–Crippen MR) is 180 cm³/mol. The van der Waals surface area contributed by atoms with Gasteiger partial charge in [-0.3, -0.25) is 9.52 Å². The van der Waals surface area contributed by atoms with E-state index in [2.05, 4.69) is 4.72 Å². The number of carbonyl (C=O) groups excluding carboxylic acids is 1. The molecule has 13 heteroatoms. The van der Waals surface area contributed by atoms with Crippen molar-refractivity contribution < 1.29 is 36.2 Å². The Hall–Kier alpha value is -3.49. The van der Waals surface area contributed by atoms with Crippen molar-refractivity contribution in [2.45, 2.75) is 68.1 Å². The minimum atomic E-state index is -3.94. The first kappa shape index (κ1) is 36.3. The second kappa shape index (κ2) is 16.1. The molecule has 0 radical (unpaired) electrons. The number of hydrogen-bond donors (Lipinski definition) is 2. The van der Waals surface area contributed by atoms with Gasteiger partial charge >= 0.3 is 0 Å². The molecule has 1 aliphatic rings. The van der Waals surface area contributed by atoms with E-state index in [1.807, 2.05) is 13.8 Å². The fourth-order valence-corrected chi connectivity index (χ4v) is 7.66. The van der Waals surface area contributed by atoms with E-state index in [1.165, 1.54) is 34.5 Å². The lowest BCUT2D eigenvalue weighted by Gasteiger charge is -2.35. The van der Waals surface area contributed by atoms with Gasteiger partial charge in [0.1, 0.15) is 5.75 Å². The maximum atomic E-state index is 14.3. The lowest BCUT2D eigenvalue weighted by Crippen LogP contribution is -2.48. The minimum Gasteiger partial charge on any atom is -0.490 e. The van der Waals surface area contributed by atoms with Crippen molar-refractivity contribution in [2.24, 2.45) is 5.92 Å². The van der Waals surface area contributed by atoms with E-state index in [1.54, 1.807) is 67.6 Å². The van der Waals surface area contributed by atoms with Crippen LogP contribution in [0.1, 0.15) is 50.4 Å². The van der Waals surface area contributed by atoms with Gasteiger partial charge in [0.2, 0.25) is 10.0 Å². The largest absolute Gasteiger partial charge is 0.490 e. The number of aliphatic hydroxyl groups excluding tert-OH is 1. The second-order valence-electron chi connectivity index (χ2n) is 12.0. The third-order valence-electron chi connectivity index (χ3n) is 8.25. The number of sulfonamides is 2. The lowest BCUT2D eigenvalue weighted by atomic mass is 10.0. The van der Waals surface area contributed by atoms with Gasteiger partial charge in [-0.25, -0.2) is 16.8 Å². The molecule has 1 aliphatic heterocycles. The molecule has 0 bridgehead atoms. The highest BCUT2D eigenvalue weighted by atomic mass is 32.2. The van der Waals surface area contributed by atoms with Crippen molar-refractivity contribution in [2.75, 3.05) is 38.1 Å². The highest BCUT2D eigenvalue weighted by Crippen LogP contribution is 2.30. The summed E-state index contributed by atoms with van der Waals surface area (Å²) in [5, 5.41) is 10.2. The van der Waals surface area contributed by atoms with E-state index in [0.29, 0.717) is 18.8 Å². The molecular weight excluding hydrogens is 643 g/mol. The summed E-state index contributed by atoms with van der Waals surface area (Å²) < 4.78 is 69.2. The monoisotopic (exact) mass is 687 g/mol. The average Bonchev–Trinajstić information content (AvgIpc) is 3.06. The van der Waals surface area contributed by atoms with E-state index in [0.717, 1.165) is 12.8 Å². The zero-order valence-electron chi connectivity index (χ0n) is 27.3. The fourth-order valence-electron chi connectivity index (χ4n) is 5.39. The summed E-state index contributed by atoms with van der Waals surface area (Å²) >= 11 is 0. The van der Waals surface area contributed by atoms with Gasteiger partial charge in [0.25, 0.3) is 15.9 Å². The predicted octanol–water partition coefficient (Wildman–Crippen LogP) is 4.60. The zero-order chi connectivity index (χ0) is 34.2. The Morgan fingerprint density at radius 2 is 1.60 bits per heavy atom. The number of amides is 1. The van der Waals surface area contributed by atoms with Crippen LogP contribution < -0.4 is 9.46 Å². The first-order valence-corrected chi connectivity index (χ1v) is 18.7. The van der Waals surface area contributed by atoms with Gasteiger partial charge in [0, 0.05) is 38.3 Å². The van der Waals surface area contributed by atoms with Crippen molar-refractivity contribution >= 4 is 31.6 Å². The molecule has 0 aliphatic carbocycles. The SMILES string of the molecule is C[C@H]1CCCCO[C@H](CN(C)S(=O)(=O)c2ccccc2)[C@@H](C)CN([C@@H](C)CO)C(=O)c2cc(NS(=O)(=O)c3ccccc3)ccc2O1. The first-order chi connectivity index (χ1) is 22.3. The molecule has 11 nitrogen and oxygen atoms in total. The molecule has 3 aromatic rings. The molecule has 3 aromatic carbocycles. The van der Waals surface area contributed by atoms with Crippen molar-refractivity contribution in [1.29, 1.82) is 0 Å². The second-order valence-corrected chi connectivity index (χ2v) is 15.8. The van der Waals surface area contributed by atoms with Gasteiger partial charge < -0.3 is 19.5 Å². The third-order valence-corrected chi connectivity index (χ3v) is 11.5. The number of hydrogen-bond acceptors (Lipinski definition) is 8. The summed E-state index contributed by atoms with van der Waals surface area (Å²) in [4.78, 5) is 16.1. The fraction of sp³-hybridized carbons (Fsp3) is 0.441. The standard InChI is InChI=1S/C34H45N3O8S2/c1-25-22-37(26(2)24-38)34(39)31-21-28(35-46(40,41)29-14-7-5-8-15-29)18-19-32(31)45-27(3)13-11-12-20-44-33(25)23-36(4)47(42,43)30-16-9-6-10-17-30/h5-10,14-19,21,25-27,33,35,38H,11-13,20,22-24H2,1-4H3/t25-,26-,27-,33+/m0/s1. The number of nitrogens with one attached hydrogen (secondary N) is 1. The molecule has 47 heavy (non-hydrogen) atoms. The average molecular weight is 688 g/mol. The molecule has 4 atom stereocenters. The van der Waals surface area contributed by atoms with Crippen LogP contribution in [0.2, 0.25) is 0 Å². The summed E-state index contributed by atoms with van der Waals surface area (Å²) in [5.41, 5.74) is 0.313. The summed E-state index contributed by atoms with van der Waals surface area (Å²) in [7, 11) is -6.22. The van der Waals surface area contributed by atoms with E-state index in [9.17, 15) is 26.7 Å². The van der Waals surface area contributed by atoms with Crippen LogP contribution in [0, 0.1) is 5.92 Å². The number of ether oxygens (including phenoxy) is 2. The van der Waals surface area contributed by atoms with Crippen LogP contribution in [-0.4, -0.2) is 88.7 Å². The Bertz CT molecular complexity index is 1690. The Morgan fingerprint density at radius 3 is 2.23 bits per heavy atom. The van der Waals surface area contributed by atoms with Gasteiger partial charge in [0.15, 0.2) is 0 Å². The number of likely N-dealkylation sites (N-methyl/N-ethyl adjacent to an activating group) is 1. The zero-order valence-corrected chi connectivity index (χ0v) is 28.9. The Kier molecular flexibility index (Phi) is 12.4. The Labute approximate surface area is 278 Å². The van der Waals surface area contributed by atoms with Crippen LogP contribution in [-0.2, 0) is 24.8 Å². The van der Waals surface area contributed by atoms with Gasteiger partial charge in [-0.15, -0.1) is 0 Å². The highest BCUT2D eigenvalue weighted by Gasteiger charge is 2.32. The van der Waals surface area contributed by atoms with E-state index in [-0.39, 0.29) is 52.8 Å². The normalized spacial score (nSPS) is 20.9. The van der Waals surface area contributed by atoms with E-state index >= 15 is 0 Å². The number of aliphatic hydroxyl groups is 1. The summed E-state index contributed by atoms with van der Waals surface area (Å²) in [6, 6.07) is 20.1. The molecule has 0 fully saturated rings. The molecule has 1 amide bonds. The molecule has 4 rings (SSSR count). The van der Waals surface area contributed by atoms with Gasteiger partial charge in [-0.2, -0.15) is 4.31 Å². The maximum Gasteiger partial charge on any atom is 0.261 e. The lowest BCUT2D eigenvalue weighted by molar-refractivity contribution is -0.00833. The van der Waals surface area contributed by atoms with E-state index < -0.39 is 38.1 Å². The van der Waals surface area contributed by atoms with Gasteiger partial charge in [0.05, 0.1) is 40.2 Å². The maximum absolute atomic E-state index is 14.3. The number of nitrogens with zero attached hydrogens (tertiary/aromatic N) is 2. The minimum absolute atomic E-state index is 0.0510. The molecule has 0 aromatic heterocycles. The molecule has 1 heterocycles. The van der Waals surface area contributed by atoms with Crippen molar-refractivity contribution in [1.82, 2.24) is 9.21 Å². The summed E-state index contributed by atoms with van der Waals surface area (Å²) in [5.74, 6) is -0.527. The van der Waals surface area contributed by atoms with Crippen LogP contribution in [0.4, 0.5) is 5.69 Å². The van der Waals surface area contributed by atoms with Crippen LogP contribution >= 0.6 is 0 Å². The van der Waals surface area contributed by atoms with E-state index in [4.69, 9.17) is 9.47 Å². The number of carbonyl (C=O) groups is 1. The topological polar surface area (TPSA) is 143 Å². The van der Waals surface area contributed by atoms with Crippen LogP contribution in [0.5, 0.6) is 5.75 Å². The first-order valence-electron chi connectivity index (χ1n) is 15.8. The summed E-state index contributed by atoms with van der Waals surface area (Å²) in [6.07, 6.45) is 1.32. The molecule has 0 spiro atoms. The molecule has 0 saturated heterocycles. The Balaban J connectivity index is 1.68. The summed E-state index contributed by atoms with van der Waals surface area (Å²) in [6.45, 7) is 5.73. The molecule has 256 valence electrons. The molecule has 2 N–H and O–H groups in total. The Morgan fingerprint density at radius 1 is 0.957 bits per heavy atom. The van der Waals surface area contributed by atoms with Crippen LogP contribution in [0.25, 0.3) is 0 Å². The van der Waals surface area contributed by atoms with Crippen molar-refractivity contribution in [3.63, 3.8) is 0 Å². The highest BCUT2D eigenvalue weighted by molar-refractivity contribution is 7.92. The van der Waals surface area contributed by atoms with Gasteiger partial charge in [-0.1, -0.05) is 43.3 Å². The third kappa shape index (κ3) is 9.32. The van der Waals surface area contributed by atoms with Crippen molar-refractivity contribution in [3.05, 3.63) is 84.4 Å². The number of anilines is 1. The quantitative estimate of drug-likeness (QED) is 0.333. The van der Waals surface area contributed by atoms with Crippen LogP contribution in [0.3, 0.4) is 0 Å². The molecule has 0 unspecified atom stereocenters. The number of benzene rings is 3. The van der Waals surface area contributed by atoms with Crippen LogP contribution in [0.15, 0.2) is 88.7 Å². The smallest absolute Gasteiger partial charge is 0.261 e. The molecule has 0 saturated carbocycles.